The molecule has 1 aliphatic carbocycles. The molecule has 43 heavy (non-hydrogen) atoms. The Bertz CT molecular complexity index is 2100. The lowest BCUT2D eigenvalue weighted by Crippen LogP contribution is -2.38. The third kappa shape index (κ3) is 5.15. The zero-order valence-electron chi connectivity index (χ0n) is 22.8. The molecule has 0 N–H and O–H groups in total. The topological polar surface area (TPSA) is 86.7 Å². The number of non-ortho nitro benzene ring substituents is 1. The summed E-state index contributed by atoms with van der Waals surface area (Å²) in [7, 11) is 0. The third-order valence-electron chi connectivity index (χ3n) is 7.81. The summed E-state index contributed by atoms with van der Waals surface area (Å²) < 4.78 is 9.51. The molecular formula is C34H24BrN3O4S. The van der Waals surface area contributed by atoms with Gasteiger partial charge < -0.3 is 4.74 Å². The summed E-state index contributed by atoms with van der Waals surface area (Å²) in [5.41, 5.74) is 7.10. The van der Waals surface area contributed by atoms with Gasteiger partial charge in [-0.05, 0) is 71.5 Å². The van der Waals surface area contributed by atoms with Crippen molar-refractivity contribution < 1.29 is 9.66 Å². The maximum Gasteiger partial charge on any atom is 0.271 e. The van der Waals surface area contributed by atoms with Crippen LogP contribution in [0, 0.1) is 10.1 Å². The molecule has 0 fully saturated rings. The first-order valence-electron chi connectivity index (χ1n) is 13.8. The highest BCUT2D eigenvalue weighted by Gasteiger charge is 2.32. The van der Waals surface area contributed by atoms with Crippen LogP contribution >= 0.6 is 27.3 Å². The molecule has 0 bridgehead atoms. The minimum Gasteiger partial charge on any atom is -0.488 e. The second kappa shape index (κ2) is 11.2. The van der Waals surface area contributed by atoms with Crippen LogP contribution in [0.2, 0.25) is 0 Å². The molecule has 1 aromatic heterocycles. The van der Waals surface area contributed by atoms with Gasteiger partial charge in [0.2, 0.25) is 0 Å². The molecular weight excluding hydrogens is 626 g/mol. The van der Waals surface area contributed by atoms with Gasteiger partial charge in [-0.2, -0.15) is 0 Å². The first kappa shape index (κ1) is 27.2. The van der Waals surface area contributed by atoms with Gasteiger partial charge in [0.15, 0.2) is 4.80 Å². The minimum atomic E-state index is -0.424. The average molecular weight is 651 g/mol. The zero-order valence-corrected chi connectivity index (χ0v) is 25.2. The third-order valence-corrected chi connectivity index (χ3v) is 9.32. The second-order valence-electron chi connectivity index (χ2n) is 10.4. The van der Waals surface area contributed by atoms with Crippen molar-refractivity contribution in [1.82, 2.24) is 4.57 Å². The summed E-state index contributed by atoms with van der Waals surface area (Å²) in [6.45, 7) is 0.236. The van der Waals surface area contributed by atoms with E-state index in [0.717, 1.165) is 50.8 Å². The average Bonchev–Trinajstić information content (AvgIpc) is 3.34. The van der Waals surface area contributed by atoms with E-state index in [1.165, 1.54) is 29.0 Å². The smallest absolute Gasteiger partial charge is 0.271 e. The van der Waals surface area contributed by atoms with E-state index in [0.29, 0.717) is 15.1 Å². The van der Waals surface area contributed by atoms with E-state index in [-0.39, 0.29) is 23.9 Å². The lowest BCUT2D eigenvalue weighted by molar-refractivity contribution is -0.384. The Morgan fingerprint density at radius 3 is 2.51 bits per heavy atom. The van der Waals surface area contributed by atoms with Gasteiger partial charge in [-0.25, -0.2) is 4.99 Å². The van der Waals surface area contributed by atoms with Crippen LogP contribution in [0.4, 0.5) is 5.69 Å². The molecule has 2 heterocycles. The van der Waals surface area contributed by atoms with Crippen molar-refractivity contribution in [2.75, 3.05) is 0 Å². The van der Waals surface area contributed by atoms with Crippen molar-refractivity contribution in [3.63, 3.8) is 0 Å². The highest BCUT2D eigenvalue weighted by molar-refractivity contribution is 9.10. The van der Waals surface area contributed by atoms with Crippen molar-refractivity contribution in [2.24, 2.45) is 4.99 Å². The van der Waals surface area contributed by atoms with Gasteiger partial charge in [0, 0.05) is 27.7 Å². The summed E-state index contributed by atoms with van der Waals surface area (Å²) in [5, 5.41) is 11.0. The first-order chi connectivity index (χ1) is 21.0. The number of para-hydroxylation sites is 1. The van der Waals surface area contributed by atoms with Gasteiger partial charge >= 0.3 is 0 Å². The molecule has 0 spiro atoms. The van der Waals surface area contributed by atoms with Gasteiger partial charge in [0.05, 0.1) is 21.2 Å². The zero-order chi connectivity index (χ0) is 29.5. The Hall–Kier alpha value is -4.60. The SMILES string of the molecule is O=c1/c(=C/c2ccccc2OCc2ccc([N+](=O)[O-])cc2)sc2n1[C@H](c1ccc(Br)cc1)C1=C(N=2)c2ccccc2CC1. The van der Waals surface area contributed by atoms with Crippen LogP contribution in [-0.4, -0.2) is 9.49 Å². The van der Waals surface area contributed by atoms with Crippen molar-refractivity contribution in [3.8, 4) is 5.75 Å². The van der Waals surface area contributed by atoms with Crippen molar-refractivity contribution >= 4 is 44.7 Å². The van der Waals surface area contributed by atoms with Gasteiger partial charge in [-0.3, -0.25) is 19.5 Å². The molecule has 0 unspecified atom stereocenters. The predicted octanol–water partition coefficient (Wildman–Crippen LogP) is 6.57. The lowest BCUT2D eigenvalue weighted by Gasteiger charge is -2.30. The number of benzene rings is 4. The van der Waals surface area contributed by atoms with Crippen LogP contribution in [-0.2, 0) is 13.0 Å². The fourth-order valence-electron chi connectivity index (χ4n) is 5.71. The number of nitrogens with zero attached hydrogens (tertiary/aromatic N) is 3. The Morgan fingerprint density at radius 2 is 1.72 bits per heavy atom. The number of nitro groups is 1. The molecule has 7 nitrogen and oxygen atoms in total. The number of thiazole rings is 1. The monoisotopic (exact) mass is 649 g/mol. The van der Waals surface area contributed by atoms with Gasteiger partial charge in [-0.15, -0.1) is 0 Å². The molecule has 2 aliphatic rings. The Labute approximate surface area is 259 Å². The van der Waals surface area contributed by atoms with Crippen LogP contribution in [0.1, 0.15) is 40.3 Å². The largest absolute Gasteiger partial charge is 0.488 e. The molecule has 0 saturated heterocycles. The number of aryl methyl sites for hydroxylation is 1. The minimum absolute atomic E-state index is 0.0335. The standard InChI is InChI=1S/C34H24BrN3O4S/c35-25-14-11-23(12-15-25)32-28-18-13-22-5-1-3-7-27(22)31(28)36-34-37(32)33(39)30(43-34)19-24-6-2-4-8-29(24)42-20-21-9-16-26(17-10-21)38(40)41/h1-12,14-17,19,32H,13,18,20H2/b30-19-/t32-/m1/s1. The number of allylic oxidation sites excluding steroid dienone is 1. The van der Waals surface area contributed by atoms with Crippen LogP contribution < -0.4 is 19.6 Å². The first-order valence-corrected chi connectivity index (χ1v) is 15.4. The fraction of sp³-hybridized carbons (Fsp3) is 0.118. The number of nitro benzene ring substituents is 1. The molecule has 9 heteroatoms. The summed E-state index contributed by atoms with van der Waals surface area (Å²) in [4.78, 5) is 30.4. The van der Waals surface area contributed by atoms with Gasteiger partial charge in [-0.1, -0.05) is 81.9 Å². The Morgan fingerprint density at radius 1 is 0.977 bits per heavy atom. The second-order valence-corrected chi connectivity index (χ2v) is 12.3. The molecule has 4 aromatic carbocycles. The van der Waals surface area contributed by atoms with E-state index in [2.05, 4.69) is 46.3 Å². The van der Waals surface area contributed by atoms with Crippen LogP contribution in [0.15, 0.2) is 117 Å². The highest BCUT2D eigenvalue weighted by Crippen LogP contribution is 2.41. The molecule has 0 radical (unpaired) electrons. The normalized spacial score (nSPS) is 15.7. The molecule has 1 aliphatic heterocycles. The molecule has 1 atom stereocenters. The quantitative estimate of drug-likeness (QED) is 0.154. The molecule has 5 aromatic rings. The van der Waals surface area contributed by atoms with Crippen molar-refractivity contribution in [1.29, 1.82) is 0 Å². The predicted molar refractivity (Wildman–Crippen MR) is 171 cm³/mol. The lowest BCUT2D eigenvalue weighted by atomic mass is 9.83. The highest BCUT2D eigenvalue weighted by atomic mass is 79.9. The number of aromatic nitrogens is 1. The van der Waals surface area contributed by atoms with Crippen LogP contribution in [0.3, 0.4) is 0 Å². The van der Waals surface area contributed by atoms with E-state index in [4.69, 9.17) is 9.73 Å². The number of ether oxygens (including phenoxy) is 1. The van der Waals surface area contributed by atoms with E-state index in [1.54, 1.807) is 12.1 Å². The van der Waals surface area contributed by atoms with Crippen molar-refractivity contribution in [2.45, 2.75) is 25.5 Å². The van der Waals surface area contributed by atoms with Crippen LogP contribution in [0.5, 0.6) is 5.75 Å². The number of hydrogen-bond donors (Lipinski definition) is 0. The van der Waals surface area contributed by atoms with Gasteiger partial charge in [0.25, 0.3) is 11.2 Å². The van der Waals surface area contributed by atoms with E-state index < -0.39 is 4.92 Å². The summed E-state index contributed by atoms with van der Waals surface area (Å²) in [6.07, 6.45) is 3.60. The maximum atomic E-state index is 14.1. The molecule has 0 amide bonds. The summed E-state index contributed by atoms with van der Waals surface area (Å²) in [6, 6.07) is 30.2. The Kier molecular flexibility index (Phi) is 7.12. The number of fused-ring (bicyclic) bond motifs is 3. The molecule has 212 valence electrons. The Balaban J connectivity index is 1.31. The number of rotatable bonds is 6. The number of halogens is 1. The number of hydrogen-bond acceptors (Lipinski definition) is 6. The summed E-state index contributed by atoms with van der Waals surface area (Å²) in [5.74, 6) is 0.615. The molecule has 7 rings (SSSR count). The van der Waals surface area contributed by atoms with Crippen LogP contribution in [0.25, 0.3) is 11.8 Å². The fourth-order valence-corrected chi connectivity index (χ4v) is 6.97. The molecule has 0 saturated carbocycles. The van der Waals surface area contributed by atoms with E-state index in [1.807, 2.05) is 53.1 Å². The van der Waals surface area contributed by atoms with Gasteiger partial charge in [0.1, 0.15) is 12.4 Å². The van der Waals surface area contributed by atoms with E-state index in [9.17, 15) is 14.9 Å². The van der Waals surface area contributed by atoms with Crippen molar-refractivity contribution in [3.05, 3.63) is 165 Å². The summed E-state index contributed by atoms with van der Waals surface area (Å²) >= 11 is 4.93. The van der Waals surface area contributed by atoms with E-state index >= 15 is 0 Å². The maximum absolute atomic E-state index is 14.1.